The Hall–Kier alpha value is -2.28. The van der Waals surface area contributed by atoms with Crippen LogP contribution in [0.5, 0.6) is 0 Å². The van der Waals surface area contributed by atoms with E-state index < -0.39 is 12.1 Å². The summed E-state index contributed by atoms with van der Waals surface area (Å²) in [4.78, 5) is 39.3. The van der Waals surface area contributed by atoms with E-state index in [-0.39, 0.29) is 30.9 Å². The Bertz CT molecular complexity index is 757. The summed E-state index contributed by atoms with van der Waals surface area (Å²) >= 11 is 6.07. The van der Waals surface area contributed by atoms with Crippen LogP contribution in [0.2, 0.25) is 5.02 Å². The van der Waals surface area contributed by atoms with Crippen LogP contribution in [-0.4, -0.2) is 54.6 Å². The number of nitrogens with one attached hydrogen (secondary N) is 2. The first-order chi connectivity index (χ1) is 14.0. The molecule has 3 amide bonds. The number of likely N-dealkylation sites (tertiary alicyclic amines) is 1. The number of fused-ring (bicyclic) bond motifs is 1. The van der Waals surface area contributed by atoms with Crippen molar-refractivity contribution < 1.29 is 19.1 Å². The van der Waals surface area contributed by atoms with Crippen molar-refractivity contribution in [3.8, 4) is 0 Å². The number of benzene rings is 1. The van der Waals surface area contributed by atoms with Crippen LogP contribution in [0.3, 0.4) is 0 Å². The Balaban J connectivity index is 1.67. The highest BCUT2D eigenvalue weighted by Gasteiger charge is 2.47. The van der Waals surface area contributed by atoms with Gasteiger partial charge in [0.05, 0.1) is 6.61 Å². The minimum Gasteiger partial charge on any atom is -0.450 e. The fraction of sp³-hybridized carbons (Fsp3) is 0.571. The molecule has 158 valence electrons. The van der Waals surface area contributed by atoms with E-state index in [1.54, 1.807) is 36.1 Å². The van der Waals surface area contributed by atoms with Crippen molar-refractivity contribution in [3.63, 3.8) is 0 Å². The van der Waals surface area contributed by atoms with Crippen molar-refractivity contribution in [2.24, 2.45) is 5.92 Å². The number of halogens is 1. The molecule has 3 rings (SSSR count). The Labute approximate surface area is 176 Å². The van der Waals surface area contributed by atoms with E-state index >= 15 is 0 Å². The third-order valence-electron chi connectivity index (χ3n) is 5.67. The van der Waals surface area contributed by atoms with Gasteiger partial charge in [0.1, 0.15) is 6.04 Å². The number of carbonyl (C=O) groups excluding carboxylic acids is 3. The zero-order chi connectivity index (χ0) is 20.8. The van der Waals surface area contributed by atoms with Gasteiger partial charge in [0.2, 0.25) is 5.91 Å². The van der Waals surface area contributed by atoms with Crippen molar-refractivity contribution in [2.75, 3.05) is 19.7 Å². The lowest BCUT2D eigenvalue weighted by atomic mass is 9.84. The summed E-state index contributed by atoms with van der Waals surface area (Å²) in [7, 11) is 0. The largest absolute Gasteiger partial charge is 0.450 e. The number of nitrogens with zero attached hydrogens (tertiary/aromatic N) is 1. The van der Waals surface area contributed by atoms with Gasteiger partial charge in [-0.05, 0) is 50.3 Å². The summed E-state index contributed by atoms with van der Waals surface area (Å²) in [5, 5.41) is 5.93. The van der Waals surface area contributed by atoms with Crippen LogP contribution < -0.4 is 10.6 Å². The third kappa shape index (κ3) is 5.21. The van der Waals surface area contributed by atoms with Crippen LogP contribution >= 0.6 is 11.6 Å². The molecule has 3 atom stereocenters. The lowest BCUT2D eigenvalue weighted by Crippen LogP contribution is -2.50. The Morgan fingerprint density at radius 3 is 2.69 bits per heavy atom. The molecule has 0 aromatic heterocycles. The molecule has 0 bridgehead atoms. The first kappa shape index (κ1) is 21.4. The van der Waals surface area contributed by atoms with Gasteiger partial charge in [-0.2, -0.15) is 0 Å². The minimum atomic E-state index is -0.508. The highest BCUT2D eigenvalue weighted by molar-refractivity contribution is 6.31. The van der Waals surface area contributed by atoms with E-state index in [4.69, 9.17) is 16.3 Å². The Kier molecular flexibility index (Phi) is 7.36. The van der Waals surface area contributed by atoms with Crippen LogP contribution in [0.1, 0.15) is 49.4 Å². The standard InChI is InChI=1S/C21H28ClN3O4/c1-2-29-21(28)24-11-10-23-19(26)18-13-14-6-3-4-9-17(14)25(18)20(27)15-7-5-8-16(22)12-15/h5,7-8,12,14,17-18H,2-4,6,9-11,13H2,1H3,(H,23,26)(H,24,28). The average molecular weight is 422 g/mol. The molecule has 2 aliphatic rings. The summed E-state index contributed by atoms with van der Waals surface area (Å²) in [6.07, 6.45) is 4.33. The fourth-order valence-corrected chi connectivity index (χ4v) is 4.60. The first-order valence-electron chi connectivity index (χ1n) is 10.3. The maximum absolute atomic E-state index is 13.3. The molecule has 1 aliphatic heterocycles. The van der Waals surface area contributed by atoms with E-state index in [0.29, 0.717) is 29.5 Å². The topological polar surface area (TPSA) is 87.7 Å². The molecular weight excluding hydrogens is 394 g/mol. The molecule has 8 heteroatoms. The van der Waals surface area contributed by atoms with Gasteiger partial charge >= 0.3 is 6.09 Å². The maximum Gasteiger partial charge on any atom is 0.407 e. The lowest BCUT2D eigenvalue weighted by molar-refractivity contribution is -0.125. The Morgan fingerprint density at radius 1 is 1.17 bits per heavy atom. The monoisotopic (exact) mass is 421 g/mol. The van der Waals surface area contributed by atoms with Gasteiger partial charge in [0.25, 0.3) is 5.91 Å². The molecular formula is C21H28ClN3O4. The van der Waals surface area contributed by atoms with Crippen molar-refractivity contribution in [2.45, 2.75) is 51.1 Å². The van der Waals surface area contributed by atoms with Gasteiger partial charge in [0.15, 0.2) is 0 Å². The number of hydrogen-bond donors (Lipinski definition) is 2. The SMILES string of the molecule is CCOC(=O)NCCNC(=O)C1CC2CCCCC2N1C(=O)c1cccc(Cl)c1. The molecule has 3 unspecified atom stereocenters. The molecule has 1 aromatic rings. The smallest absolute Gasteiger partial charge is 0.407 e. The van der Waals surface area contributed by atoms with Crippen molar-refractivity contribution >= 4 is 29.5 Å². The van der Waals surface area contributed by atoms with Crippen LogP contribution in [0, 0.1) is 5.92 Å². The van der Waals surface area contributed by atoms with Gasteiger partial charge in [-0.3, -0.25) is 9.59 Å². The molecule has 0 spiro atoms. The van der Waals surface area contributed by atoms with Gasteiger partial charge < -0.3 is 20.3 Å². The molecule has 1 saturated heterocycles. The van der Waals surface area contributed by atoms with E-state index in [1.807, 2.05) is 0 Å². The number of hydrogen-bond acceptors (Lipinski definition) is 4. The highest BCUT2D eigenvalue weighted by Crippen LogP contribution is 2.40. The highest BCUT2D eigenvalue weighted by atomic mass is 35.5. The lowest BCUT2D eigenvalue weighted by Gasteiger charge is -2.33. The fourth-order valence-electron chi connectivity index (χ4n) is 4.41. The van der Waals surface area contributed by atoms with E-state index in [1.165, 1.54) is 0 Å². The normalized spacial score (nSPS) is 23.2. The zero-order valence-corrected chi connectivity index (χ0v) is 17.4. The molecule has 1 aliphatic carbocycles. The minimum absolute atomic E-state index is 0.0867. The van der Waals surface area contributed by atoms with E-state index in [0.717, 1.165) is 25.7 Å². The second kappa shape index (κ2) is 9.96. The molecule has 1 heterocycles. The number of ether oxygens (including phenoxy) is 1. The summed E-state index contributed by atoms with van der Waals surface area (Å²) in [5.41, 5.74) is 0.505. The van der Waals surface area contributed by atoms with Gasteiger partial charge in [-0.15, -0.1) is 0 Å². The maximum atomic E-state index is 13.3. The summed E-state index contributed by atoms with van der Waals surface area (Å²) in [6, 6.07) is 6.45. The van der Waals surface area contributed by atoms with E-state index in [2.05, 4.69) is 10.6 Å². The molecule has 2 fully saturated rings. The summed E-state index contributed by atoms with van der Waals surface area (Å²) < 4.78 is 4.79. The molecule has 1 aromatic carbocycles. The predicted octanol–water partition coefficient (Wildman–Crippen LogP) is 2.98. The van der Waals surface area contributed by atoms with Crippen molar-refractivity contribution in [1.82, 2.24) is 15.5 Å². The molecule has 7 nitrogen and oxygen atoms in total. The molecule has 29 heavy (non-hydrogen) atoms. The average Bonchev–Trinajstić information content (AvgIpc) is 3.10. The second-order valence-electron chi connectivity index (χ2n) is 7.52. The third-order valence-corrected chi connectivity index (χ3v) is 5.90. The van der Waals surface area contributed by atoms with Gasteiger partial charge in [-0.25, -0.2) is 4.79 Å². The summed E-state index contributed by atoms with van der Waals surface area (Å²) in [6.45, 7) is 2.57. The van der Waals surface area contributed by atoms with Crippen LogP contribution in [-0.2, 0) is 9.53 Å². The molecule has 0 radical (unpaired) electrons. The van der Waals surface area contributed by atoms with Crippen molar-refractivity contribution in [1.29, 1.82) is 0 Å². The van der Waals surface area contributed by atoms with Crippen LogP contribution in [0.4, 0.5) is 4.79 Å². The van der Waals surface area contributed by atoms with Crippen molar-refractivity contribution in [3.05, 3.63) is 34.9 Å². The Morgan fingerprint density at radius 2 is 1.93 bits per heavy atom. The van der Waals surface area contributed by atoms with E-state index in [9.17, 15) is 14.4 Å². The van der Waals surface area contributed by atoms with Crippen LogP contribution in [0.15, 0.2) is 24.3 Å². The number of carbonyl (C=O) groups is 3. The quantitative estimate of drug-likeness (QED) is 0.691. The van der Waals surface area contributed by atoms with Crippen LogP contribution in [0.25, 0.3) is 0 Å². The number of amides is 3. The summed E-state index contributed by atoms with van der Waals surface area (Å²) in [5.74, 6) is 0.0208. The zero-order valence-electron chi connectivity index (χ0n) is 16.7. The van der Waals surface area contributed by atoms with Gasteiger partial charge in [0, 0.05) is 29.7 Å². The molecule has 1 saturated carbocycles. The second-order valence-corrected chi connectivity index (χ2v) is 7.96. The first-order valence-corrected chi connectivity index (χ1v) is 10.7. The predicted molar refractivity (Wildman–Crippen MR) is 110 cm³/mol. The number of rotatable bonds is 6. The van der Waals surface area contributed by atoms with Gasteiger partial charge in [-0.1, -0.05) is 30.5 Å². The molecule has 2 N–H and O–H groups in total. The number of alkyl carbamates (subject to hydrolysis) is 1.